The lowest BCUT2D eigenvalue weighted by Gasteiger charge is -2.22. The summed E-state index contributed by atoms with van der Waals surface area (Å²) in [5, 5.41) is 21.3. The zero-order valence-electron chi connectivity index (χ0n) is 15.3. The molecule has 33 heavy (non-hydrogen) atoms. The second-order valence-corrected chi connectivity index (χ2v) is 6.30. The Morgan fingerprint density at radius 2 is 0.727 bits per heavy atom. The first-order chi connectivity index (χ1) is 14.7. The number of aliphatic hydroxyl groups is 2. The molecular weight excluding hydrogens is 494 g/mol. The lowest BCUT2D eigenvalue weighted by molar-refractivity contribution is -0.151. The Morgan fingerprint density at radius 3 is 0.909 bits per heavy atom. The highest BCUT2D eigenvalue weighted by atomic mass is 19.4. The van der Waals surface area contributed by atoms with Gasteiger partial charge in [0, 0.05) is 0 Å². The molecule has 2 aromatic heterocycles. The molecule has 0 fully saturated rings. The number of alkyl halides is 12. The van der Waals surface area contributed by atoms with Gasteiger partial charge >= 0.3 is 24.7 Å². The number of hydrogen-bond donors (Lipinski definition) is 3. The molecular formula is C16H9F12N3O2. The van der Waals surface area contributed by atoms with Gasteiger partial charge in [0.05, 0.1) is 0 Å². The molecule has 3 N–H and O–H groups in total. The summed E-state index contributed by atoms with van der Waals surface area (Å²) in [6.07, 6.45) is -26.9. The van der Waals surface area contributed by atoms with E-state index in [1.165, 1.54) is 5.32 Å². The molecule has 0 aliphatic carbocycles. The Balaban J connectivity index is 2.46. The Labute approximate surface area is 174 Å². The molecule has 2 rings (SSSR count). The number of pyridine rings is 2. The van der Waals surface area contributed by atoms with E-state index in [0.717, 1.165) is 0 Å². The van der Waals surface area contributed by atoms with Gasteiger partial charge in [-0.2, -0.15) is 52.7 Å². The van der Waals surface area contributed by atoms with E-state index in [9.17, 15) is 62.9 Å². The maximum absolute atomic E-state index is 12.8. The highest BCUT2D eigenvalue weighted by Gasteiger charge is 2.41. The van der Waals surface area contributed by atoms with Crippen molar-refractivity contribution in [1.29, 1.82) is 0 Å². The maximum atomic E-state index is 12.8. The monoisotopic (exact) mass is 503 g/mol. The molecule has 2 atom stereocenters. The summed E-state index contributed by atoms with van der Waals surface area (Å²) in [6, 6.07) is -0.244. The Hall–Kier alpha value is -2.66. The van der Waals surface area contributed by atoms with Gasteiger partial charge in [-0.05, 0) is 35.4 Å². The number of hydrogen-bond acceptors (Lipinski definition) is 5. The van der Waals surface area contributed by atoms with Gasteiger partial charge < -0.3 is 10.2 Å². The smallest absolute Gasteiger partial charge is 0.374 e. The van der Waals surface area contributed by atoms with Crippen LogP contribution in [-0.4, -0.2) is 20.2 Å². The molecule has 0 aliphatic rings. The van der Waals surface area contributed by atoms with Crippen molar-refractivity contribution in [3.63, 3.8) is 0 Å². The predicted molar refractivity (Wildman–Crippen MR) is 81.5 cm³/mol. The zero-order chi connectivity index (χ0) is 25.6. The molecule has 2 heterocycles. The average Bonchev–Trinajstić information content (AvgIpc) is 2.64. The van der Waals surface area contributed by atoms with Crippen molar-refractivity contribution in [2.24, 2.45) is 0 Å². The average molecular weight is 503 g/mol. The minimum Gasteiger partial charge on any atom is -0.374 e. The molecule has 0 spiro atoms. The summed E-state index contributed by atoms with van der Waals surface area (Å²) >= 11 is 0. The third-order valence-electron chi connectivity index (χ3n) is 3.80. The quantitative estimate of drug-likeness (QED) is 0.412. The van der Waals surface area contributed by atoms with Crippen molar-refractivity contribution in [3.05, 3.63) is 58.2 Å². The molecule has 0 aromatic carbocycles. The van der Waals surface area contributed by atoms with E-state index in [-0.39, 0.29) is 24.3 Å². The fraction of sp³-hybridized carbons (Fsp3) is 0.375. The summed E-state index contributed by atoms with van der Waals surface area (Å²) in [7, 11) is 0. The molecule has 2 unspecified atom stereocenters. The van der Waals surface area contributed by atoms with Gasteiger partial charge in [0.2, 0.25) is 0 Å². The summed E-state index contributed by atoms with van der Waals surface area (Å²) < 4.78 is 154. The highest BCUT2D eigenvalue weighted by Crippen LogP contribution is 2.37. The van der Waals surface area contributed by atoms with Gasteiger partial charge in [-0.15, -0.1) is 0 Å². The molecule has 17 heteroatoms. The predicted octanol–water partition coefficient (Wildman–Crippen LogP) is 4.82. The van der Waals surface area contributed by atoms with Crippen molar-refractivity contribution in [3.8, 4) is 0 Å². The first-order valence-corrected chi connectivity index (χ1v) is 8.14. The fourth-order valence-corrected chi connectivity index (χ4v) is 2.34. The highest BCUT2D eigenvalue weighted by molar-refractivity contribution is 5.29. The Bertz CT molecular complexity index is 854. The normalized spacial score (nSPS) is 15.5. The van der Waals surface area contributed by atoms with Gasteiger partial charge in [-0.3, -0.25) is 5.32 Å². The molecule has 184 valence electrons. The van der Waals surface area contributed by atoms with E-state index in [4.69, 9.17) is 0 Å². The third kappa shape index (κ3) is 6.67. The van der Waals surface area contributed by atoms with Crippen LogP contribution in [0.4, 0.5) is 52.7 Å². The number of aliphatic hydroxyl groups excluding tert-OH is 2. The first-order valence-electron chi connectivity index (χ1n) is 8.14. The second-order valence-electron chi connectivity index (χ2n) is 6.30. The van der Waals surface area contributed by atoms with Gasteiger partial charge in [0.15, 0.2) is 0 Å². The lowest BCUT2D eigenvalue weighted by Crippen LogP contribution is -2.28. The van der Waals surface area contributed by atoms with Crippen LogP contribution in [0.15, 0.2) is 24.3 Å². The first kappa shape index (κ1) is 26.6. The van der Waals surface area contributed by atoms with Gasteiger partial charge in [-0.1, -0.05) is 0 Å². The fourth-order valence-electron chi connectivity index (χ4n) is 2.34. The molecule has 0 saturated heterocycles. The Morgan fingerprint density at radius 1 is 0.515 bits per heavy atom. The molecule has 0 aliphatic heterocycles. The standard InChI is InChI=1S/C16H9F12N3O2/c17-13(18,19)7-1-5(2-8(29-7)14(20,21)22)11(32)31-12(33)6-3-9(15(23,24)25)30-10(4-6)16(26,27)28/h1-4,11-12,31-33H. The largest absolute Gasteiger partial charge is 0.433 e. The topological polar surface area (TPSA) is 78.3 Å². The minimum absolute atomic E-state index is 0.0610. The number of nitrogens with zero attached hydrogens (tertiary/aromatic N) is 2. The van der Waals surface area contributed by atoms with E-state index < -0.39 is 71.1 Å². The van der Waals surface area contributed by atoms with Crippen LogP contribution in [0.3, 0.4) is 0 Å². The zero-order valence-corrected chi connectivity index (χ0v) is 15.3. The third-order valence-corrected chi connectivity index (χ3v) is 3.80. The van der Waals surface area contributed by atoms with Crippen LogP contribution >= 0.6 is 0 Å². The maximum Gasteiger partial charge on any atom is 0.433 e. The van der Waals surface area contributed by atoms with Crippen molar-refractivity contribution in [1.82, 2.24) is 15.3 Å². The number of rotatable bonds is 4. The summed E-state index contributed by atoms with van der Waals surface area (Å²) in [5.74, 6) is 0. The number of halogens is 12. The van der Waals surface area contributed by atoms with Gasteiger partial charge in [-0.25, -0.2) is 9.97 Å². The number of aromatic nitrogens is 2. The van der Waals surface area contributed by atoms with Crippen LogP contribution in [-0.2, 0) is 24.7 Å². The van der Waals surface area contributed by atoms with Crippen LogP contribution in [0.5, 0.6) is 0 Å². The van der Waals surface area contributed by atoms with E-state index in [2.05, 4.69) is 9.97 Å². The van der Waals surface area contributed by atoms with E-state index in [1.807, 2.05) is 0 Å². The van der Waals surface area contributed by atoms with Crippen molar-refractivity contribution in [2.75, 3.05) is 0 Å². The number of nitrogens with one attached hydrogen (secondary N) is 1. The lowest BCUT2D eigenvalue weighted by atomic mass is 10.1. The van der Waals surface area contributed by atoms with Crippen molar-refractivity contribution in [2.45, 2.75) is 37.2 Å². The molecule has 0 amide bonds. The van der Waals surface area contributed by atoms with Crippen LogP contribution in [0.25, 0.3) is 0 Å². The van der Waals surface area contributed by atoms with E-state index in [1.54, 1.807) is 0 Å². The molecule has 0 radical (unpaired) electrons. The summed E-state index contributed by atoms with van der Waals surface area (Å²) in [5.41, 5.74) is -10.8. The van der Waals surface area contributed by atoms with Crippen LogP contribution in [0.1, 0.15) is 46.4 Å². The van der Waals surface area contributed by atoms with E-state index >= 15 is 0 Å². The van der Waals surface area contributed by atoms with Crippen molar-refractivity contribution < 1.29 is 62.9 Å². The van der Waals surface area contributed by atoms with Crippen molar-refractivity contribution >= 4 is 0 Å². The Kier molecular flexibility index (Phi) is 6.93. The second kappa shape index (κ2) is 8.60. The molecule has 0 saturated carbocycles. The van der Waals surface area contributed by atoms with Crippen LogP contribution < -0.4 is 5.32 Å². The molecule has 5 nitrogen and oxygen atoms in total. The summed E-state index contributed by atoms with van der Waals surface area (Å²) in [6.45, 7) is 0. The molecule has 2 aromatic rings. The van der Waals surface area contributed by atoms with Crippen LogP contribution in [0.2, 0.25) is 0 Å². The van der Waals surface area contributed by atoms with Gasteiger partial charge in [0.25, 0.3) is 0 Å². The van der Waals surface area contributed by atoms with Gasteiger partial charge in [0.1, 0.15) is 35.2 Å². The SMILES string of the molecule is OC(NC(O)c1cc(C(F)(F)F)nc(C(F)(F)F)c1)c1cc(C(F)(F)F)nc(C(F)(F)F)c1. The van der Waals surface area contributed by atoms with E-state index in [0.29, 0.717) is 0 Å². The minimum atomic E-state index is -5.41. The van der Waals surface area contributed by atoms with Crippen LogP contribution in [0, 0.1) is 0 Å². The summed E-state index contributed by atoms with van der Waals surface area (Å²) in [4.78, 5) is 4.73. The molecule has 0 bridgehead atoms.